The molecule has 1 rings (SSSR count). The van der Waals surface area contributed by atoms with Gasteiger partial charge in [-0.3, -0.25) is 0 Å². The van der Waals surface area contributed by atoms with Crippen LogP contribution < -0.4 is 11.1 Å². The van der Waals surface area contributed by atoms with Crippen molar-refractivity contribution in [3.8, 4) is 0 Å². The second-order valence-corrected chi connectivity index (χ2v) is 5.57. The maximum absolute atomic E-state index is 9.43. The number of aliphatic hydroxyl groups is 1. The van der Waals surface area contributed by atoms with Crippen molar-refractivity contribution in [3.63, 3.8) is 0 Å². The quantitative estimate of drug-likeness (QED) is 0.192. The fourth-order valence-corrected chi connectivity index (χ4v) is 2.04. The van der Waals surface area contributed by atoms with Gasteiger partial charge in [-0.15, -0.1) is 0 Å². The van der Waals surface area contributed by atoms with Crippen LogP contribution in [0.25, 0.3) is 0 Å². The molecule has 0 fully saturated rings. The molecule has 5 N–H and O–H groups in total. The standard InChI is InChI=1S/C15H25N3O2/c1-15(2,14(16)18-20)9-6-10-17-13(11-19)12-7-4-3-5-8-12/h3-5,7-8,13,17,19-20H,6,9-11H2,1-2H3,(H2,16,18). The third-order valence-corrected chi connectivity index (χ3v) is 3.55. The zero-order chi connectivity index (χ0) is 15.0. The first-order valence-corrected chi connectivity index (χ1v) is 6.88. The van der Waals surface area contributed by atoms with Crippen LogP contribution in [0.3, 0.4) is 0 Å². The minimum absolute atomic E-state index is 0.0526. The van der Waals surface area contributed by atoms with E-state index in [9.17, 15) is 5.11 Å². The lowest BCUT2D eigenvalue weighted by molar-refractivity contribution is 0.242. The number of aliphatic hydroxyl groups excluding tert-OH is 1. The van der Waals surface area contributed by atoms with Gasteiger partial charge >= 0.3 is 0 Å². The number of nitrogens with zero attached hydrogens (tertiary/aromatic N) is 1. The summed E-state index contributed by atoms with van der Waals surface area (Å²) in [4.78, 5) is 0. The average Bonchev–Trinajstić information content (AvgIpc) is 2.47. The van der Waals surface area contributed by atoms with Gasteiger partial charge in [0.1, 0.15) is 5.84 Å². The van der Waals surface area contributed by atoms with E-state index in [1.54, 1.807) is 0 Å². The molecule has 0 aliphatic rings. The van der Waals surface area contributed by atoms with Crippen LogP contribution >= 0.6 is 0 Å². The molecule has 0 saturated carbocycles. The Morgan fingerprint density at radius 2 is 2.00 bits per heavy atom. The van der Waals surface area contributed by atoms with E-state index in [-0.39, 0.29) is 23.9 Å². The van der Waals surface area contributed by atoms with Gasteiger partial charge in [0.15, 0.2) is 0 Å². The van der Waals surface area contributed by atoms with Gasteiger partial charge in [0.2, 0.25) is 0 Å². The zero-order valence-corrected chi connectivity index (χ0v) is 12.2. The first kappa shape index (κ1) is 16.5. The van der Waals surface area contributed by atoms with E-state index >= 15 is 0 Å². The molecule has 112 valence electrons. The van der Waals surface area contributed by atoms with Gasteiger partial charge in [-0.25, -0.2) is 0 Å². The molecule has 20 heavy (non-hydrogen) atoms. The summed E-state index contributed by atoms with van der Waals surface area (Å²) in [6.45, 7) is 4.72. The zero-order valence-electron chi connectivity index (χ0n) is 12.2. The Balaban J connectivity index is 2.40. The first-order chi connectivity index (χ1) is 9.51. The first-order valence-electron chi connectivity index (χ1n) is 6.88. The van der Waals surface area contributed by atoms with E-state index in [2.05, 4.69) is 10.5 Å². The molecular formula is C15H25N3O2. The lowest BCUT2D eigenvalue weighted by Crippen LogP contribution is -2.33. The second kappa shape index (κ2) is 7.87. The summed E-state index contributed by atoms with van der Waals surface area (Å²) in [5.41, 5.74) is 6.40. The van der Waals surface area contributed by atoms with Crippen LogP contribution in [0, 0.1) is 5.41 Å². The molecule has 0 radical (unpaired) electrons. The van der Waals surface area contributed by atoms with Gasteiger partial charge in [-0.1, -0.05) is 49.3 Å². The molecule has 0 aliphatic carbocycles. The smallest absolute Gasteiger partial charge is 0.144 e. The highest BCUT2D eigenvalue weighted by Gasteiger charge is 2.23. The molecule has 0 bridgehead atoms. The number of rotatable bonds is 8. The number of nitrogens with two attached hydrogens (primary N) is 1. The molecule has 1 unspecified atom stereocenters. The van der Waals surface area contributed by atoms with Gasteiger partial charge in [0.05, 0.1) is 12.6 Å². The summed E-state index contributed by atoms with van der Waals surface area (Å²) in [6.07, 6.45) is 1.69. The van der Waals surface area contributed by atoms with Crippen molar-refractivity contribution in [2.45, 2.75) is 32.7 Å². The molecule has 0 saturated heterocycles. The predicted octanol–water partition coefficient (Wildman–Crippen LogP) is 1.86. The Morgan fingerprint density at radius 1 is 1.35 bits per heavy atom. The van der Waals surface area contributed by atoms with Crippen molar-refractivity contribution in [3.05, 3.63) is 35.9 Å². The number of hydrogen-bond acceptors (Lipinski definition) is 4. The van der Waals surface area contributed by atoms with Gasteiger partial charge in [0, 0.05) is 5.41 Å². The van der Waals surface area contributed by atoms with E-state index in [4.69, 9.17) is 10.9 Å². The average molecular weight is 279 g/mol. The minimum Gasteiger partial charge on any atom is -0.409 e. The van der Waals surface area contributed by atoms with Gasteiger partial charge in [-0.05, 0) is 24.9 Å². The molecule has 1 aromatic rings. The fourth-order valence-electron chi connectivity index (χ4n) is 2.04. The van der Waals surface area contributed by atoms with E-state index < -0.39 is 0 Å². The second-order valence-electron chi connectivity index (χ2n) is 5.57. The van der Waals surface area contributed by atoms with Crippen LogP contribution in [-0.2, 0) is 0 Å². The lowest BCUT2D eigenvalue weighted by atomic mass is 9.86. The highest BCUT2D eigenvalue weighted by Crippen LogP contribution is 2.22. The van der Waals surface area contributed by atoms with Crippen LogP contribution in [0.1, 0.15) is 38.3 Å². The van der Waals surface area contributed by atoms with E-state index in [0.717, 1.165) is 24.9 Å². The van der Waals surface area contributed by atoms with Crippen molar-refractivity contribution in [1.29, 1.82) is 0 Å². The van der Waals surface area contributed by atoms with E-state index in [1.807, 2.05) is 44.2 Å². The van der Waals surface area contributed by atoms with Crippen LogP contribution in [0.15, 0.2) is 35.5 Å². The van der Waals surface area contributed by atoms with Crippen LogP contribution in [0.2, 0.25) is 0 Å². The Labute approximate surface area is 120 Å². The number of benzene rings is 1. The van der Waals surface area contributed by atoms with E-state index in [1.165, 1.54) is 0 Å². The number of nitrogens with one attached hydrogen (secondary N) is 1. The predicted molar refractivity (Wildman–Crippen MR) is 80.7 cm³/mol. The van der Waals surface area contributed by atoms with E-state index in [0.29, 0.717) is 0 Å². The van der Waals surface area contributed by atoms with Crippen molar-refractivity contribution in [1.82, 2.24) is 5.32 Å². The highest BCUT2D eigenvalue weighted by molar-refractivity contribution is 5.85. The van der Waals surface area contributed by atoms with Crippen molar-refractivity contribution in [2.75, 3.05) is 13.2 Å². The SMILES string of the molecule is CC(C)(CCCNC(CO)c1ccccc1)C(N)=NO. The molecule has 0 aromatic heterocycles. The van der Waals surface area contributed by atoms with Crippen molar-refractivity contribution < 1.29 is 10.3 Å². The third kappa shape index (κ3) is 4.83. The van der Waals surface area contributed by atoms with Gasteiger partial charge < -0.3 is 21.4 Å². The molecule has 0 amide bonds. The summed E-state index contributed by atoms with van der Waals surface area (Å²) < 4.78 is 0. The van der Waals surface area contributed by atoms with Gasteiger partial charge in [0.25, 0.3) is 0 Å². The fraction of sp³-hybridized carbons (Fsp3) is 0.533. The van der Waals surface area contributed by atoms with Crippen molar-refractivity contribution in [2.24, 2.45) is 16.3 Å². The van der Waals surface area contributed by atoms with Crippen molar-refractivity contribution >= 4 is 5.84 Å². The molecule has 5 nitrogen and oxygen atoms in total. The normalized spacial score (nSPS) is 14.2. The van der Waals surface area contributed by atoms with Gasteiger partial charge in [-0.2, -0.15) is 0 Å². The van der Waals surface area contributed by atoms with Crippen LogP contribution in [0.4, 0.5) is 0 Å². The molecule has 1 atom stereocenters. The Bertz CT molecular complexity index is 418. The van der Waals surface area contributed by atoms with Crippen LogP contribution in [0.5, 0.6) is 0 Å². The number of hydrogen-bond donors (Lipinski definition) is 4. The van der Waals surface area contributed by atoms with Crippen LogP contribution in [-0.4, -0.2) is 29.3 Å². The summed E-state index contributed by atoms with van der Waals surface area (Å²) in [5, 5.41) is 24.5. The maximum Gasteiger partial charge on any atom is 0.144 e. The Kier molecular flexibility index (Phi) is 6.48. The summed E-state index contributed by atoms with van der Waals surface area (Å²) in [6, 6.07) is 9.81. The summed E-state index contributed by atoms with van der Waals surface area (Å²) in [7, 11) is 0. The lowest BCUT2D eigenvalue weighted by Gasteiger charge is -2.23. The number of oxime groups is 1. The largest absolute Gasteiger partial charge is 0.409 e. The topological polar surface area (TPSA) is 90.9 Å². The molecule has 0 heterocycles. The molecule has 1 aromatic carbocycles. The summed E-state index contributed by atoms with van der Waals surface area (Å²) in [5.74, 6) is 0.249. The third-order valence-electron chi connectivity index (χ3n) is 3.55. The minimum atomic E-state index is -0.322. The molecular weight excluding hydrogens is 254 g/mol. The monoisotopic (exact) mass is 279 g/mol. The number of amidine groups is 1. The maximum atomic E-state index is 9.43. The molecule has 5 heteroatoms. The molecule has 0 spiro atoms. The Hall–Kier alpha value is -1.59. The molecule has 0 aliphatic heterocycles. The highest BCUT2D eigenvalue weighted by atomic mass is 16.4. The Morgan fingerprint density at radius 3 is 2.55 bits per heavy atom. The summed E-state index contributed by atoms with van der Waals surface area (Å²) >= 11 is 0.